The summed E-state index contributed by atoms with van der Waals surface area (Å²) in [4.78, 5) is 28.2. The first-order valence-electron chi connectivity index (χ1n) is 10.5. The molecule has 4 rings (SSSR count). The zero-order chi connectivity index (χ0) is 20.2. The Kier molecular flexibility index (Phi) is 5.94. The topological polar surface area (TPSA) is 64.6 Å². The number of likely N-dealkylation sites (N-methyl/N-ethyl adjacent to an activating group) is 1. The van der Waals surface area contributed by atoms with E-state index < -0.39 is 0 Å². The number of nitrogens with one attached hydrogen (secondary N) is 1. The van der Waals surface area contributed by atoms with E-state index in [1.54, 1.807) is 12.4 Å². The Hall–Kier alpha value is -2.67. The van der Waals surface area contributed by atoms with E-state index in [1.807, 2.05) is 12.1 Å². The molecule has 0 spiro atoms. The van der Waals surface area contributed by atoms with Crippen molar-refractivity contribution in [3.63, 3.8) is 0 Å². The van der Waals surface area contributed by atoms with Crippen LogP contribution in [0.15, 0.2) is 36.7 Å². The van der Waals surface area contributed by atoms with Gasteiger partial charge in [-0.2, -0.15) is 0 Å². The maximum Gasteiger partial charge on any atom is 0.275 e. The Morgan fingerprint density at radius 1 is 0.931 bits per heavy atom. The number of hydrogen-bond donors (Lipinski definition) is 1. The lowest BCUT2D eigenvalue weighted by atomic mass is 9.99. The van der Waals surface area contributed by atoms with Crippen molar-refractivity contribution < 1.29 is 4.79 Å². The van der Waals surface area contributed by atoms with Crippen molar-refractivity contribution in [2.24, 2.45) is 5.92 Å². The summed E-state index contributed by atoms with van der Waals surface area (Å²) < 4.78 is 0. The molecular formula is C22H30N6O. The molecule has 154 valence electrons. The largest absolute Gasteiger partial charge is 0.372 e. The number of amides is 1. The van der Waals surface area contributed by atoms with Gasteiger partial charge in [0.15, 0.2) is 0 Å². The molecule has 2 fully saturated rings. The molecule has 0 unspecified atom stereocenters. The number of piperidine rings is 1. The number of nitrogens with zero attached hydrogens (tertiary/aromatic N) is 5. The standard InChI is InChI=1S/C22H30N6O/c1-17-7-9-27(10-8-17)19-5-3-18(4-6-19)25-22(29)20-15-24-21(16-23-20)28-13-11-26(2)12-14-28/h3-6,15-17H,7-14H2,1-2H3,(H,25,29). The van der Waals surface area contributed by atoms with Gasteiger partial charge in [0.25, 0.3) is 5.91 Å². The average molecular weight is 395 g/mol. The van der Waals surface area contributed by atoms with Gasteiger partial charge in [-0.1, -0.05) is 6.92 Å². The molecule has 1 N–H and O–H groups in total. The number of rotatable bonds is 4. The quantitative estimate of drug-likeness (QED) is 0.860. The Balaban J connectivity index is 1.34. The highest BCUT2D eigenvalue weighted by Crippen LogP contribution is 2.24. The maximum absolute atomic E-state index is 12.5. The van der Waals surface area contributed by atoms with E-state index in [-0.39, 0.29) is 5.91 Å². The van der Waals surface area contributed by atoms with Crippen LogP contribution in [0.25, 0.3) is 0 Å². The molecule has 7 heteroatoms. The second-order valence-corrected chi connectivity index (χ2v) is 8.22. The highest BCUT2D eigenvalue weighted by Gasteiger charge is 2.18. The molecule has 2 aliphatic heterocycles. The molecule has 0 radical (unpaired) electrons. The minimum atomic E-state index is -0.234. The fourth-order valence-corrected chi connectivity index (χ4v) is 3.85. The molecule has 2 saturated heterocycles. The lowest BCUT2D eigenvalue weighted by Gasteiger charge is -2.32. The SMILES string of the molecule is CC1CCN(c2ccc(NC(=O)c3cnc(N4CCN(C)CC4)cn3)cc2)CC1. The number of carbonyl (C=O) groups excluding carboxylic acids is 1. The van der Waals surface area contributed by atoms with Gasteiger partial charge in [0, 0.05) is 50.6 Å². The van der Waals surface area contributed by atoms with Crippen LogP contribution in [0.4, 0.5) is 17.2 Å². The van der Waals surface area contributed by atoms with Crippen molar-refractivity contribution in [3.8, 4) is 0 Å². The van der Waals surface area contributed by atoms with Gasteiger partial charge in [0.2, 0.25) is 0 Å². The first kappa shape index (κ1) is 19.6. The third-order valence-corrected chi connectivity index (χ3v) is 5.97. The summed E-state index contributed by atoms with van der Waals surface area (Å²) >= 11 is 0. The minimum absolute atomic E-state index is 0.234. The number of anilines is 3. The van der Waals surface area contributed by atoms with Crippen LogP contribution in [0, 0.1) is 5.92 Å². The molecule has 7 nitrogen and oxygen atoms in total. The van der Waals surface area contributed by atoms with Crippen molar-refractivity contribution in [2.75, 3.05) is 61.4 Å². The highest BCUT2D eigenvalue weighted by atomic mass is 16.1. The molecule has 3 heterocycles. The second-order valence-electron chi connectivity index (χ2n) is 8.22. The molecular weight excluding hydrogens is 364 g/mol. The van der Waals surface area contributed by atoms with E-state index in [0.717, 1.165) is 56.7 Å². The molecule has 0 aliphatic carbocycles. The molecule has 1 amide bonds. The molecule has 2 aliphatic rings. The summed E-state index contributed by atoms with van der Waals surface area (Å²) in [6, 6.07) is 8.07. The van der Waals surface area contributed by atoms with Crippen molar-refractivity contribution >= 4 is 23.1 Å². The monoisotopic (exact) mass is 394 g/mol. The van der Waals surface area contributed by atoms with Gasteiger partial charge in [-0.25, -0.2) is 9.97 Å². The normalized spacial score (nSPS) is 18.7. The number of benzene rings is 1. The smallest absolute Gasteiger partial charge is 0.275 e. The van der Waals surface area contributed by atoms with Crippen LogP contribution >= 0.6 is 0 Å². The van der Waals surface area contributed by atoms with Crippen LogP contribution in [0.2, 0.25) is 0 Å². The van der Waals surface area contributed by atoms with Crippen molar-refractivity contribution in [1.29, 1.82) is 0 Å². The predicted molar refractivity (Wildman–Crippen MR) is 117 cm³/mol. The molecule has 0 bridgehead atoms. The fourth-order valence-electron chi connectivity index (χ4n) is 3.85. The van der Waals surface area contributed by atoms with Gasteiger partial charge >= 0.3 is 0 Å². The number of hydrogen-bond acceptors (Lipinski definition) is 6. The van der Waals surface area contributed by atoms with Crippen molar-refractivity contribution in [2.45, 2.75) is 19.8 Å². The van der Waals surface area contributed by atoms with Crippen LogP contribution in [0.3, 0.4) is 0 Å². The highest BCUT2D eigenvalue weighted by molar-refractivity contribution is 6.02. The summed E-state index contributed by atoms with van der Waals surface area (Å²) in [5.74, 6) is 1.41. The van der Waals surface area contributed by atoms with E-state index >= 15 is 0 Å². The first-order chi connectivity index (χ1) is 14.1. The maximum atomic E-state index is 12.5. The average Bonchev–Trinajstić information content (AvgIpc) is 2.76. The van der Waals surface area contributed by atoms with Gasteiger partial charge in [0.1, 0.15) is 11.5 Å². The van der Waals surface area contributed by atoms with E-state index in [4.69, 9.17) is 0 Å². The Labute approximate surface area is 172 Å². The van der Waals surface area contributed by atoms with Crippen LogP contribution in [-0.2, 0) is 0 Å². The van der Waals surface area contributed by atoms with E-state index in [2.05, 4.69) is 56.1 Å². The van der Waals surface area contributed by atoms with E-state index in [1.165, 1.54) is 18.5 Å². The van der Waals surface area contributed by atoms with E-state index in [0.29, 0.717) is 5.69 Å². The first-order valence-corrected chi connectivity index (χ1v) is 10.5. The van der Waals surface area contributed by atoms with Gasteiger partial charge < -0.3 is 20.0 Å². The van der Waals surface area contributed by atoms with Gasteiger partial charge in [-0.15, -0.1) is 0 Å². The third-order valence-electron chi connectivity index (χ3n) is 5.97. The fraction of sp³-hybridized carbons (Fsp3) is 0.500. The number of carbonyl (C=O) groups is 1. The van der Waals surface area contributed by atoms with Crippen molar-refractivity contribution in [3.05, 3.63) is 42.4 Å². The molecule has 1 aromatic carbocycles. The molecule has 0 atom stereocenters. The van der Waals surface area contributed by atoms with Crippen LogP contribution < -0.4 is 15.1 Å². The lowest BCUT2D eigenvalue weighted by molar-refractivity contribution is 0.102. The Bertz CT molecular complexity index is 806. The zero-order valence-electron chi connectivity index (χ0n) is 17.3. The summed E-state index contributed by atoms with van der Waals surface area (Å²) in [6.07, 6.45) is 5.73. The predicted octanol–water partition coefficient (Wildman–Crippen LogP) is 2.72. The molecule has 29 heavy (non-hydrogen) atoms. The summed E-state index contributed by atoms with van der Waals surface area (Å²) in [7, 11) is 2.12. The molecule has 1 aromatic heterocycles. The molecule has 2 aromatic rings. The Morgan fingerprint density at radius 3 is 2.24 bits per heavy atom. The third kappa shape index (κ3) is 4.85. The van der Waals surface area contributed by atoms with Crippen LogP contribution in [0.1, 0.15) is 30.3 Å². The van der Waals surface area contributed by atoms with Crippen LogP contribution in [0.5, 0.6) is 0 Å². The lowest BCUT2D eigenvalue weighted by Crippen LogP contribution is -2.44. The van der Waals surface area contributed by atoms with Crippen molar-refractivity contribution in [1.82, 2.24) is 14.9 Å². The summed E-state index contributed by atoms with van der Waals surface area (Å²) in [5, 5.41) is 2.92. The number of piperazine rings is 1. The zero-order valence-corrected chi connectivity index (χ0v) is 17.3. The van der Waals surface area contributed by atoms with Gasteiger partial charge in [0.05, 0.1) is 12.4 Å². The van der Waals surface area contributed by atoms with Gasteiger partial charge in [-0.05, 0) is 50.1 Å². The van der Waals surface area contributed by atoms with E-state index in [9.17, 15) is 4.79 Å². The molecule has 0 saturated carbocycles. The minimum Gasteiger partial charge on any atom is -0.372 e. The Morgan fingerprint density at radius 2 is 1.62 bits per heavy atom. The number of aromatic nitrogens is 2. The second kappa shape index (κ2) is 8.78. The van der Waals surface area contributed by atoms with Crippen LogP contribution in [-0.4, -0.2) is 67.1 Å². The summed E-state index contributed by atoms with van der Waals surface area (Å²) in [5.41, 5.74) is 2.32. The summed E-state index contributed by atoms with van der Waals surface area (Å²) in [6.45, 7) is 8.39. The van der Waals surface area contributed by atoms with Gasteiger partial charge in [-0.3, -0.25) is 4.79 Å².